The van der Waals surface area contributed by atoms with Crippen LogP contribution in [0.3, 0.4) is 0 Å². The van der Waals surface area contributed by atoms with E-state index in [1.54, 1.807) is 47.3 Å². The number of carboxylic acids is 1. The van der Waals surface area contributed by atoms with Gasteiger partial charge in [0.25, 0.3) is 0 Å². The van der Waals surface area contributed by atoms with Crippen molar-refractivity contribution in [1.82, 2.24) is 9.55 Å². The second kappa shape index (κ2) is 8.82. The number of nitrogens with one attached hydrogen (secondary N) is 1. The summed E-state index contributed by atoms with van der Waals surface area (Å²) in [6.45, 7) is -0.212. The lowest BCUT2D eigenvalue weighted by Gasteiger charge is -2.15. The molecule has 2 heterocycles. The van der Waals surface area contributed by atoms with Crippen molar-refractivity contribution in [3.63, 3.8) is 0 Å². The van der Waals surface area contributed by atoms with Crippen LogP contribution in [0.25, 0.3) is 10.9 Å². The third kappa shape index (κ3) is 5.25. The number of benzene rings is 2. The van der Waals surface area contributed by atoms with Crippen LogP contribution in [-0.4, -0.2) is 20.6 Å². The summed E-state index contributed by atoms with van der Waals surface area (Å²) in [6.07, 6.45) is -4.64. The molecular weight excluding hydrogens is 500 g/mol. The Morgan fingerprint density at radius 2 is 1.65 bits per heavy atom. The number of rotatable bonds is 6. The van der Waals surface area contributed by atoms with Crippen LogP contribution in [0.5, 0.6) is 0 Å². The number of hydrogen-bond acceptors (Lipinski definition) is 3. The Bertz CT molecular complexity index is 1470. The molecule has 0 atom stereocenters. The lowest BCUT2D eigenvalue weighted by molar-refractivity contribution is -0.143. The van der Waals surface area contributed by atoms with Crippen molar-refractivity contribution < 1.29 is 36.2 Å². The van der Waals surface area contributed by atoms with E-state index in [1.807, 2.05) is 0 Å². The molecule has 0 bridgehead atoms. The molecule has 0 amide bonds. The van der Waals surface area contributed by atoms with Gasteiger partial charge in [-0.1, -0.05) is 0 Å². The molecule has 0 spiro atoms. The summed E-state index contributed by atoms with van der Waals surface area (Å²) >= 11 is 0. The number of carboxylic acid groups (broad SMARTS) is 1. The average Bonchev–Trinajstić information content (AvgIpc) is 3.60. The molecule has 2 aromatic heterocycles. The van der Waals surface area contributed by atoms with Crippen LogP contribution >= 0.6 is 0 Å². The lowest BCUT2D eigenvalue weighted by Crippen LogP contribution is -2.12. The van der Waals surface area contributed by atoms with Crippen LogP contribution in [0.4, 0.5) is 37.8 Å². The molecular formula is C26H19F6N3O2. The van der Waals surface area contributed by atoms with Gasteiger partial charge in [-0.05, 0) is 78.4 Å². The predicted molar refractivity (Wildman–Crippen MR) is 124 cm³/mol. The largest absolute Gasteiger partial charge is 0.478 e. The van der Waals surface area contributed by atoms with Gasteiger partial charge in [-0.2, -0.15) is 26.3 Å². The van der Waals surface area contributed by atoms with Crippen LogP contribution in [0, 0.1) is 0 Å². The number of nitrogens with zero attached hydrogens (tertiary/aromatic N) is 2. The highest BCUT2D eigenvalue weighted by Gasteiger charge is 2.37. The fraction of sp³-hybridized carbons (Fsp3) is 0.231. The maximum atomic E-state index is 13.2. The van der Waals surface area contributed by atoms with E-state index >= 15 is 0 Å². The van der Waals surface area contributed by atoms with Gasteiger partial charge in [0.1, 0.15) is 11.4 Å². The normalized spacial score (nSPS) is 14.2. The first-order valence-corrected chi connectivity index (χ1v) is 11.3. The second-order valence-corrected chi connectivity index (χ2v) is 9.00. The van der Waals surface area contributed by atoms with Gasteiger partial charge >= 0.3 is 18.3 Å². The third-order valence-electron chi connectivity index (χ3n) is 6.22. The summed E-state index contributed by atoms with van der Waals surface area (Å²) in [5.74, 6) is -0.622. The number of pyridine rings is 1. The van der Waals surface area contributed by atoms with Crippen LogP contribution in [0.2, 0.25) is 0 Å². The maximum Gasteiger partial charge on any atom is 0.416 e. The van der Waals surface area contributed by atoms with Gasteiger partial charge in [0.05, 0.1) is 11.1 Å². The number of aromatic carboxylic acids is 1. The Morgan fingerprint density at radius 1 is 0.973 bits per heavy atom. The second-order valence-electron chi connectivity index (χ2n) is 9.00. The summed E-state index contributed by atoms with van der Waals surface area (Å²) < 4.78 is 80.8. The molecule has 11 heteroatoms. The Kier molecular flexibility index (Phi) is 5.88. The van der Waals surface area contributed by atoms with E-state index in [0.29, 0.717) is 34.6 Å². The molecule has 4 aromatic rings. The first kappa shape index (κ1) is 24.7. The van der Waals surface area contributed by atoms with Crippen molar-refractivity contribution in [2.24, 2.45) is 0 Å². The van der Waals surface area contributed by atoms with Gasteiger partial charge in [0.2, 0.25) is 0 Å². The summed E-state index contributed by atoms with van der Waals surface area (Å²) in [7, 11) is 0. The highest BCUT2D eigenvalue weighted by atomic mass is 19.4. The molecule has 5 nitrogen and oxygen atoms in total. The molecule has 1 aliphatic carbocycles. The smallest absolute Gasteiger partial charge is 0.416 e. The zero-order chi connectivity index (χ0) is 26.5. The van der Waals surface area contributed by atoms with Gasteiger partial charge in [0, 0.05) is 35.5 Å². The predicted octanol–water partition coefficient (Wildman–Crippen LogP) is 7.44. The highest BCUT2D eigenvalue weighted by molar-refractivity contribution is 5.95. The monoisotopic (exact) mass is 519 g/mol. The molecule has 2 aromatic carbocycles. The zero-order valence-corrected chi connectivity index (χ0v) is 19.0. The van der Waals surface area contributed by atoms with Crippen LogP contribution < -0.4 is 5.32 Å². The zero-order valence-electron chi connectivity index (χ0n) is 19.0. The SMILES string of the molecule is O=C(O)c1cc(C2CC2)cnc1Nc1ccc2c(ccn2Cc2cc(C(F)(F)F)cc(C(F)(F)F)c2)c1. The van der Waals surface area contributed by atoms with E-state index in [-0.39, 0.29) is 29.6 Å². The topological polar surface area (TPSA) is 67.2 Å². The Hall–Kier alpha value is -4.02. The van der Waals surface area contributed by atoms with Crippen molar-refractivity contribution in [2.45, 2.75) is 37.7 Å². The van der Waals surface area contributed by atoms with Crippen LogP contribution in [-0.2, 0) is 18.9 Å². The number of anilines is 2. The minimum absolute atomic E-state index is 0.0343. The molecule has 0 unspecified atom stereocenters. The molecule has 1 saturated carbocycles. The fourth-order valence-electron chi connectivity index (χ4n) is 4.24. The third-order valence-corrected chi connectivity index (χ3v) is 6.22. The van der Waals surface area contributed by atoms with Crippen LogP contribution in [0.1, 0.15) is 51.4 Å². The minimum Gasteiger partial charge on any atom is -0.478 e. The number of aromatic nitrogens is 2. The Labute approximate surface area is 206 Å². The molecule has 192 valence electrons. The van der Waals surface area contributed by atoms with E-state index in [2.05, 4.69) is 10.3 Å². The van der Waals surface area contributed by atoms with Gasteiger partial charge in [-0.15, -0.1) is 0 Å². The first-order chi connectivity index (χ1) is 17.4. The van der Waals surface area contributed by atoms with Crippen molar-refractivity contribution in [2.75, 3.05) is 5.32 Å². The molecule has 0 aliphatic heterocycles. The highest BCUT2D eigenvalue weighted by Crippen LogP contribution is 2.41. The van der Waals surface area contributed by atoms with Crippen molar-refractivity contribution in [3.05, 3.63) is 88.7 Å². The summed E-state index contributed by atoms with van der Waals surface area (Å²) in [5, 5.41) is 13.2. The molecule has 37 heavy (non-hydrogen) atoms. The van der Waals surface area contributed by atoms with Gasteiger partial charge in [-0.3, -0.25) is 0 Å². The molecule has 5 rings (SSSR count). The molecule has 1 fully saturated rings. The summed E-state index contributed by atoms with van der Waals surface area (Å²) in [5.41, 5.74) is -0.868. The van der Waals surface area contributed by atoms with Gasteiger partial charge in [0.15, 0.2) is 0 Å². The van der Waals surface area contributed by atoms with E-state index in [4.69, 9.17) is 0 Å². The molecule has 0 radical (unpaired) electrons. The van der Waals surface area contributed by atoms with E-state index in [9.17, 15) is 36.2 Å². The Morgan fingerprint density at radius 3 is 2.24 bits per heavy atom. The standard InChI is InChI=1S/C26H19F6N3O2/c27-25(28,29)18-7-14(8-19(11-18)26(30,31)32)13-35-6-5-16-9-20(3-4-22(16)35)34-23-21(24(36)37)10-17(12-33-23)15-1-2-15/h3-12,15H,1-2,13H2,(H,33,34)(H,36,37). The number of carbonyl (C=O) groups is 1. The van der Waals surface area contributed by atoms with Crippen LogP contribution in [0.15, 0.2) is 60.9 Å². The molecule has 2 N–H and O–H groups in total. The number of halogens is 6. The van der Waals surface area contributed by atoms with Crippen molar-refractivity contribution in [1.29, 1.82) is 0 Å². The van der Waals surface area contributed by atoms with E-state index < -0.39 is 29.4 Å². The van der Waals surface area contributed by atoms with Crippen molar-refractivity contribution >= 4 is 28.4 Å². The Balaban J connectivity index is 1.43. The van der Waals surface area contributed by atoms with Gasteiger partial charge < -0.3 is 15.0 Å². The summed E-state index contributed by atoms with van der Waals surface area (Å²) in [4.78, 5) is 16.0. The number of alkyl halides is 6. The number of hydrogen-bond donors (Lipinski definition) is 2. The summed E-state index contributed by atoms with van der Waals surface area (Å²) in [6, 6.07) is 9.77. The van der Waals surface area contributed by atoms with Crippen molar-refractivity contribution in [3.8, 4) is 0 Å². The van der Waals surface area contributed by atoms with E-state index in [0.717, 1.165) is 18.4 Å². The first-order valence-electron chi connectivity index (χ1n) is 11.3. The number of fused-ring (bicyclic) bond motifs is 1. The fourth-order valence-corrected chi connectivity index (χ4v) is 4.24. The van der Waals surface area contributed by atoms with E-state index in [1.165, 1.54) is 0 Å². The minimum atomic E-state index is -4.92. The quantitative estimate of drug-likeness (QED) is 0.260. The maximum absolute atomic E-state index is 13.2. The average molecular weight is 519 g/mol. The molecule has 1 aliphatic rings. The lowest BCUT2D eigenvalue weighted by atomic mass is 10.0. The van der Waals surface area contributed by atoms with Gasteiger partial charge in [-0.25, -0.2) is 9.78 Å². The molecule has 0 saturated heterocycles.